The Kier molecular flexibility index (Phi) is 6.13. The fraction of sp³-hybridized carbons (Fsp3) is 0.143. The Morgan fingerprint density at radius 2 is 2.03 bits per heavy atom. The van der Waals surface area contributed by atoms with Gasteiger partial charge < -0.3 is 10.1 Å². The van der Waals surface area contributed by atoms with Crippen LogP contribution in [0.25, 0.3) is 11.1 Å². The molecule has 1 amide bonds. The third kappa shape index (κ3) is 5.13. The number of hydrogen-bond donors (Lipinski definition) is 1. The number of pyridine rings is 1. The highest BCUT2D eigenvalue weighted by Gasteiger charge is 2.17. The van der Waals surface area contributed by atoms with Crippen molar-refractivity contribution in [2.75, 3.05) is 12.4 Å². The van der Waals surface area contributed by atoms with Crippen molar-refractivity contribution in [2.24, 2.45) is 0 Å². The fourth-order valence-electron chi connectivity index (χ4n) is 2.86. The Morgan fingerprint density at radius 3 is 2.76 bits per heavy atom. The summed E-state index contributed by atoms with van der Waals surface area (Å²) < 4.78 is 18.3. The summed E-state index contributed by atoms with van der Waals surface area (Å²) in [6, 6.07) is 13.8. The molecule has 2 aromatic carbocycles. The third-order valence-electron chi connectivity index (χ3n) is 4.27. The first kappa shape index (κ1) is 19.9. The van der Waals surface area contributed by atoms with Gasteiger partial charge in [0.1, 0.15) is 17.4 Å². The Labute approximate surface area is 166 Å². The van der Waals surface area contributed by atoms with E-state index in [4.69, 9.17) is 4.74 Å². The van der Waals surface area contributed by atoms with Gasteiger partial charge in [-0.25, -0.2) is 9.37 Å². The molecule has 0 aliphatic rings. The van der Waals surface area contributed by atoms with Gasteiger partial charge in [-0.2, -0.15) is 0 Å². The molecule has 8 heteroatoms. The maximum Gasteiger partial charge on any atom is 0.280 e. The van der Waals surface area contributed by atoms with Crippen LogP contribution in [0.1, 0.15) is 12.0 Å². The number of nitrogens with one attached hydrogen (secondary N) is 1. The van der Waals surface area contributed by atoms with E-state index < -0.39 is 4.92 Å². The zero-order valence-corrected chi connectivity index (χ0v) is 15.6. The molecule has 0 saturated heterocycles. The summed E-state index contributed by atoms with van der Waals surface area (Å²) in [6.07, 6.45) is 2.00. The molecule has 0 spiro atoms. The average molecular weight is 395 g/mol. The number of aryl methyl sites for hydroxylation is 1. The molecule has 3 rings (SSSR count). The standard InChI is InChI=1S/C21H18FN3O4/c1-29-17-6-7-18(19(13-17)25(27)28)15-9-10-23-20(12-15)24-21(26)8-5-14-3-2-4-16(22)11-14/h2-4,6-7,9-13H,5,8H2,1H3,(H,23,24,26). The molecule has 0 bridgehead atoms. The van der Waals surface area contributed by atoms with E-state index in [1.165, 1.54) is 31.5 Å². The van der Waals surface area contributed by atoms with Crippen LogP contribution in [-0.2, 0) is 11.2 Å². The predicted octanol–water partition coefficient (Wildman–Crippen LogP) is 4.38. The van der Waals surface area contributed by atoms with Crippen molar-refractivity contribution >= 4 is 17.4 Å². The summed E-state index contributed by atoms with van der Waals surface area (Å²) in [6.45, 7) is 0. The molecule has 0 unspecified atom stereocenters. The summed E-state index contributed by atoms with van der Waals surface area (Å²) in [7, 11) is 1.43. The second kappa shape index (κ2) is 8.92. The zero-order valence-electron chi connectivity index (χ0n) is 15.6. The lowest BCUT2D eigenvalue weighted by Gasteiger charge is -2.08. The first-order chi connectivity index (χ1) is 14.0. The van der Waals surface area contributed by atoms with Gasteiger partial charge in [-0.1, -0.05) is 12.1 Å². The Balaban J connectivity index is 1.74. The molecule has 1 aromatic heterocycles. The molecular weight excluding hydrogens is 377 g/mol. The van der Waals surface area contributed by atoms with Crippen LogP contribution in [0.4, 0.5) is 15.9 Å². The molecule has 0 radical (unpaired) electrons. The van der Waals surface area contributed by atoms with E-state index in [1.54, 1.807) is 36.4 Å². The van der Waals surface area contributed by atoms with Gasteiger partial charge in [0.15, 0.2) is 0 Å². The van der Waals surface area contributed by atoms with Gasteiger partial charge >= 0.3 is 0 Å². The van der Waals surface area contributed by atoms with E-state index in [-0.39, 0.29) is 29.7 Å². The van der Waals surface area contributed by atoms with Crippen molar-refractivity contribution in [1.82, 2.24) is 4.98 Å². The van der Waals surface area contributed by atoms with Gasteiger partial charge in [0.05, 0.1) is 23.7 Å². The van der Waals surface area contributed by atoms with Crippen LogP contribution in [-0.4, -0.2) is 22.9 Å². The highest BCUT2D eigenvalue weighted by atomic mass is 19.1. The maximum absolute atomic E-state index is 13.2. The SMILES string of the molecule is COc1ccc(-c2ccnc(NC(=O)CCc3cccc(F)c3)c2)c([N+](=O)[O-])c1. The van der Waals surface area contributed by atoms with Crippen molar-refractivity contribution in [3.8, 4) is 16.9 Å². The van der Waals surface area contributed by atoms with Crippen LogP contribution in [0.2, 0.25) is 0 Å². The molecule has 7 nitrogen and oxygen atoms in total. The monoisotopic (exact) mass is 395 g/mol. The van der Waals surface area contributed by atoms with E-state index in [0.717, 1.165) is 5.56 Å². The highest BCUT2D eigenvalue weighted by molar-refractivity contribution is 5.90. The zero-order chi connectivity index (χ0) is 20.8. The summed E-state index contributed by atoms with van der Waals surface area (Å²) in [5.74, 6) is 0.0127. The lowest BCUT2D eigenvalue weighted by molar-refractivity contribution is -0.384. The van der Waals surface area contributed by atoms with Gasteiger partial charge in [-0.3, -0.25) is 14.9 Å². The number of rotatable bonds is 7. The number of benzene rings is 2. The number of methoxy groups -OCH3 is 1. The van der Waals surface area contributed by atoms with E-state index in [9.17, 15) is 19.3 Å². The number of nitro benzene ring substituents is 1. The first-order valence-corrected chi connectivity index (χ1v) is 8.79. The van der Waals surface area contributed by atoms with Crippen LogP contribution in [0, 0.1) is 15.9 Å². The van der Waals surface area contributed by atoms with E-state index >= 15 is 0 Å². The maximum atomic E-state index is 13.2. The van der Waals surface area contributed by atoms with Crippen molar-refractivity contribution in [2.45, 2.75) is 12.8 Å². The fourth-order valence-corrected chi connectivity index (χ4v) is 2.86. The van der Waals surface area contributed by atoms with E-state index in [0.29, 0.717) is 23.3 Å². The lowest BCUT2D eigenvalue weighted by Crippen LogP contribution is -2.13. The molecule has 1 heterocycles. The Hall–Kier alpha value is -3.81. The number of carbonyl (C=O) groups excluding carboxylic acids is 1. The number of anilines is 1. The second-order valence-corrected chi connectivity index (χ2v) is 6.25. The van der Waals surface area contributed by atoms with Crippen molar-refractivity contribution in [3.63, 3.8) is 0 Å². The van der Waals surface area contributed by atoms with Crippen LogP contribution in [0.3, 0.4) is 0 Å². The van der Waals surface area contributed by atoms with Crippen LogP contribution in [0.15, 0.2) is 60.8 Å². The molecule has 0 aliphatic carbocycles. The minimum absolute atomic E-state index is 0.112. The van der Waals surface area contributed by atoms with E-state index in [1.807, 2.05) is 0 Å². The number of nitro groups is 1. The number of carbonyl (C=O) groups is 1. The van der Waals surface area contributed by atoms with Gasteiger partial charge in [0.2, 0.25) is 5.91 Å². The number of hydrogen-bond acceptors (Lipinski definition) is 5. The minimum Gasteiger partial charge on any atom is -0.497 e. The van der Waals surface area contributed by atoms with Gasteiger partial charge in [-0.05, 0) is 53.9 Å². The summed E-state index contributed by atoms with van der Waals surface area (Å²) >= 11 is 0. The quantitative estimate of drug-likeness (QED) is 0.473. The lowest BCUT2D eigenvalue weighted by atomic mass is 10.0. The number of halogens is 1. The van der Waals surface area contributed by atoms with Gasteiger partial charge in [0.25, 0.3) is 5.69 Å². The summed E-state index contributed by atoms with van der Waals surface area (Å²) in [4.78, 5) is 27.2. The normalized spacial score (nSPS) is 10.4. The summed E-state index contributed by atoms with van der Waals surface area (Å²) in [5, 5.41) is 14.1. The van der Waals surface area contributed by atoms with Crippen LogP contribution in [0.5, 0.6) is 5.75 Å². The molecular formula is C21H18FN3O4. The predicted molar refractivity (Wildman–Crippen MR) is 106 cm³/mol. The number of nitrogens with zero attached hydrogens (tertiary/aromatic N) is 2. The molecule has 29 heavy (non-hydrogen) atoms. The van der Waals surface area contributed by atoms with Crippen LogP contribution >= 0.6 is 0 Å². The molecule has 0 aliphatic heterocycles. The minimum atomic E-state index is -0.491. The van der Waals surface area contributed by atoms with Crippen LogP contribution < -0.4 is 10.1 Å². The Bertz CT molecular complexity index is 1060. The first-order valence-electron chi connectivity index (χ1n) is 8.79. The molecule has 0 fully saturated rings. The highest BCUT2D eigenvalue weighted by Crippen LogP contribution is 2.33. The van der Waals surface area contributed by atoms with Crippen molar-refractivity contribution in [1.29, 1.82) is 0 Å². The van der Waals surface area contributed by atoms with Gasteiger partial charge in [0, 0.05) is 12.6 Å². The molecule has 0 atom stereocenters. The number of aromatic nitrogens is 1. The molecule has 1 N–H and O–H groups in total. The summed E-state index contributed by atoms with van der Waals surface area (Å²) in [5.41, 5.74) is 1.53. The topological polar surface area (TPSA) is 94.4 Å². The second-order valence-electron chi connectivity index (χ2n) is 6.25. The smallest absolute Gasteiger partial charge is 0.280 e. The third-order valence-corrected chi connectivity index (χ3v) is 4.27. The van der Waals surface area contributed by atoms with Gasteiger partial charge in [-0.15, -0.1) is 0 Å². The average Bonchev–Trinajstić information content (AvgIpc) is 2.72. The largest absolute Gasteiger partial charge is 0.497 e. The molecule has 148 valence electrons. The van der Waals surface area contributed by atoms with E-state index in [2.05, 4.69) is 10.3 Å². The molecule has 3 aromatic rings. The Morgan fingerprint density at radius 1 is 1.21 bits per heavy atom. The number of ether oxygens (including phenoxy) is 1. The van der Waals surface area contributed by atoms with Crippen molar-refractivity contribution in [3.05, 3.63) is 82.3 Å². The molecule has 0 saturated carbocycles. The van der Waals surface area contributed by atoms with Crippen molar-refractivity contribution < 1.29 is 18.8 Å². The number of amides is 1.